The molecule has 6 heteroatoms. The molecule has 2 aromatic heterocycles. The number of H-pyrrole nitrogens is 1. The van der Waals surface area contributed by atoms with Gasteiger partial charge in [0.15, 0.2) is 0 Å². The van der Waals surface area contributed by atoms with Crippen LogP contribution in [0, 0.1) is 0 Å². The Labute approximate surface area is 160 Å². The van der Waals surface area contributed by atoms with Crippen LogP contribution in [0.1, 0.15) is 32.1 Å². The summed E-state index contributed by atoms with van der Waals surface area (Å²) >= 11 is 0. The van der Waals surface area contributed by atoms with Gasteiger partial charge in [-0.3, -0.25) is 19.7 Å². The van der Waals surface area contributed by atoms with Gasteiger partial charge in [0.2, 0.25) is 0 Å². The van der Waals surface area contributed by atoms with Crippen molar-refractivity contribution in [2.24, 2.45) is 0 Å². The maximum Gasteiger partial charge on any atom is 0.284 e. The van der Waals surface area contributed by atoms with Gasteiger partial charge in [-0.2, -0.15) is 5.10 Å². The highest BCUT2D eigenvalue weighted by molar-refractivity contribution is 6.34. The molecule has 6 nitrogen and oxygen atoms in total. The van der Waals surface area contributed by atoms with Gasteiger partial charge < -0.3 is 0 Å². The molecule has 1 aliphatic heterocycles. The number of carbonyl (C=O) groups is 2. The number of nitrogens with zero attached hydrogens (tertiary/aromatic N) is 3. The predicted molar refractivity (Wildman–Crippen MR) is 107 cm³/mol. The average Bonchev–Trinajstić information content (AvgIpc) is 3.26. The molecule has 2 amide bonds. The number of aromatic nitrogens is 3. The number of benzene rings is 2. The van der Waals surface area contributed by atoms with Gasteiger partial charge in [0.1, 0.15) is 5.69 Å². The molecule has 28 heavy (non-hydrogen) atoms. The van der Waals surface area contributed by atoms with E-state index in [2.05, 4.69) is 15.2 Å². The molecule has 3 heterocycles. The molecule has 0 saturated carbocycles. The van der Waals surface area contributed by atoms with Gasteiger partial charge in [0, 0.05) is 11.6 Å². The molecule has 134 valence electrons. The van der Waals surface area contributed by atoms with Crippen LogP contribution in [0.5, 0.6) is 0 Å². The third-order valence-electron chi connectivity index (χ3n) is 4.75. The summed E-state index contributed by atoms with van der Waals surface area (Å²) in [6.45, 7) is 0. The minimum absolute atomic E-state index is 0.185. The van der Waals surface area contributed by atoms with Crippen molar-refractivity contribution in [1.82, 2.24) is 15.2 Å². The van der Waals surface area contributed by atoms with E-state index >= 15 is 0 Å². The van der Waals surface area contributed by atoms with Crippen LogP contribution in [-0.4, -0.2) is 27.0 Å². The standard InChI is InChI=1S/C22H14N4O2/c27-21-16-8-5-13-23-20(16)22(28)26(21)19-10-4-1-6-14(19)11-12-18-15-7-2-3-9-17(15)24-25-18/h1-13H,(H,24,25)/b12-11+. The summed E-state index contributed by atoms with van der Waals surface area (Å²) in [5, 5.41) is 8.32. The van der Waals surface area contributed by atoms with Gasteiger partial charge in [0.05, 0.1) is 22.5 Å². The molecule has 0 bridgehead atoms. The van der Waals surface area contributed by atoms with E-state index in [4.69, 9.17) is 0 Å². The zero-order chi connectivity index (χ0) is 19.1. The minimum Gasteiger partial charge on any atom is -0.277 e. The van der Waals surface area contributed by atoms with Crippen molar-refractivity contribution >= 4 is 40.6 Å². The van der Waals surface area contributed by atoms with Crippen LogP contribution in [-0.2, 0) is 0 Å². The van der Waals surface area contributed by atoms with E-state index in [0.717, 1.165) is 22.2 Å². The zero-order valence-electron chi connectivity index (χ0n) is 14.7. The van der Waals surface area contributed by atoms with Crippen molar-refractivity contribution in [2.45, 2.75) is 0 Å². The molecule has 5 rings (SSSR count). The Morgan fingerprint density at radius 1 is 0.857 bits per heavy atom. The normalized spacial score (nSPS) is 13.6. The fourth-order valence-electron chi connectivity index (χ4n) is 3.40. The number of carbonyl (C=O) groups excluding carboxylic acids is 2. The first-order chi connectivity index (χ1) is 13.7. The number of nitrogens with one attached hydrogen (secondary N) is 1. The van der Waals surface area contributed by atoms with Gasteiger partial charge in [0.25, 0.3) is 11.8 Å². The number of hydrogen-bond donors (Lipinski definition) is 1. The molecule has 0 spiro atoms. The van der Waals surface area contributed by atoms with Gasteiger partial charge in [-0.05, 0) is 35.9 Å². The average molecular weight is 366 g/mol. The Balaban J connectivity index is 1.56. The number of anilines is 1. The van der Waals surface area contributed by atoms with Crippen LogP contribution in [0.4, 0.5) is 5.69 Å². The summed E-state index contributed by atoms with van der Waals surface area (Å²) in [5.41, 5.74) is 3.50. The summed E-state index contributed by atoms with van der Waals surface area (Å²) in [5.74, 6) is -0.772. The third-order valence-corrected chi connectivity index (χ3v) is 4.75. The highest BCUT2D eigenvalue weighted by atomic mass is 16.2. The molecule has 0 atom stereocenters. The Bertz CT molecular complexity index is 1240. The number of amides is 2. The minimum atomic E-state index is -0.410. The highest BCUT2D eigenvalue weighted by Crippen LogP contribution is 2.31. The number of aromatic amines is 1. The van der Waals surface area contributed by atoms with E-state index in [0.29, 0.717) is 11.3 Å². The Morgan fingerprint density at radius 2 is 1.68 bits per heavy atom. The fraction of sp³-hybridized carbons (Fsp3) is 0. The lowest BCUT2D eigenvalue weighted by atomic mass is 10.1. The first-order valence-corrected chi connectivity index (χ1v) is 8.78. The lowest BCUT2D eigenvalue weighted by molar-refractivity contribution is 0.0924. The summed E-state index contributed by atoms with van der Waals surface area (Å²) < 4.78 is 0. The van der Waals surface area contributed by atoms with Gasteiger partial charge in [-0.15, -0.1) is 0 Å². The quantitative estimate of drug-likeness (QED) is 0.557. The summed E-state index contributed by atoms with van der Waals surface area (Å²) in [7, 11) is 0. The van der Waals surface area contributed by atoms with Crippen LogP contribution >= 0.6 is 0 Å². The Hall–Kier alpha value is -4.06. The van der Waals surface area contributed by atoms with Crippen molar-refractivity contribution in [2.75, 3.05) is 4.90 Å². The first-order valence-electron chi connectivity index (χ1n) is 8.78. The van der Waals surface area contributed by atoms with Gasteiger partial charge >= 0.3 is 0 Å². The van der Waals surface area contributed by atoms with Gasteiger partial charge in [-0.1, -0.05) is 42.5 Å². The molecule has 1 aliphatic rings. The second-order valence-electron chi connectivity index (χ2n) is 6.39. The Kier molecular flexibility index (Phi) is 3.62. The molecule has 0 saturated heterocycles. The summed E-state index contributed by atoms with van der Waals surface area (Å²) in [6, 6.07) is 18.4. The molecule has 0 unspecified atom stereocenters. The number of fused-ring (bicyclic) bond motifs is 2. The number of imide groups is 1. The summed E-state index contributed by atoms with van der Waals surface area (Å²) in [4.78, 5) is 30.8. The van der Waals surface area contributed by atoms with Crippen molar-refractivity contribution in [3.05, 3.63) is 89.4 Å². The topological polar surface area (TPSA) is 79.0 Å². The molecule has 2 aromatic carbocycles. The number of rotatable bonds is 3. The van der Waals surface area contributed by atoms with E-state index in [1.165, 1.54) is 11.1 Å². The SMILES string of the molecule is O=C1c2cccnc2C(=O)N1c1ccccc1/C=C/c1n[nH]c2ccccc12. The maximum atomic E-state index is 12.8. The van der Waals surface area contributed by atoms with Crippen molar-refractivity contribution in [3.63, 3.8) is 0 Å². The van der Waals surface area contributed by atoms with Crippen molar-refractivity contribution in [3.8, 4) is 0 Å². The van der Waals surface area contributed by atoms with Crippen LogP contribution in [0.15, 0.2) is 66.9 Å². The molecular formula is C22H14N4O2. The van der Waals surface area contributed by atoms with Crippen LogP contribution in [0.2, 0.25) is 0 Å². The lowest BCUT2D eigenvalue weighted by Gasteiger charge is -2.16. The molecule has 0 aliphatic carbocycles. The third kappa shape index (κ3) is 2.43. The van der Waals surface area contributed by atoms with Crippen LogP contribution in [0.3, 0.4) is 0 Å². The number of hydrogen-bond acceptors (Lipinski definition) is 4. The van der Waals surface area contributed by atoms with E-state index < -0.39 is 5.91 Å². The monoisotopic (exact) mass is 366 g/mol. The van der Waals surface area contributed by atoms with Crippen LogP contribution in [0.25, 0.3) is 23.1 Å². The van der Waals surface area contributed by atoms with Crippen molar-refractivity contribution < 1.29 is 9.59 Å². The second-order valence-corrected chi connectivity index (χ2v) is 6.39. The van der Waals surface area contributed by atoms with E-state index in [9.17, 15) is 9.59 Å². The first kappa shape index (κ1) is 16.1. The largest absolute Gasteiger partial charge is 0.284 e. The lowest BCUT2D eigenvalue weighted by Crippen LogP contribution is -2.30. The molecule has 4 aromatic rings. The molecule has 0 fully saturated rings. The van der Waals surface area contributed by atoms with Crippen LogP contribution < -0.4 is 4.90 Å². The smallest absolute Gasteiger partial charge is 0.277 e. The molecular weight excluding hydrogens is 352 g/mol. The van der Waals surface area contributed by atoms with E-state index in [1.807, 2.05) is 48.6 Å². The van der Waals surface area contributed by atoms with Crippen molar-refractivity contribution in [1.29, 1.82) is 0 Å². The van der Waals surface area contributed by atoms with Gasteiger partial charge in [-0.25, -0.2) is 4.90 Å². The number of para-hydroxylation sites is 2. The van der Waals surface area contributed by atoms with E-state index in [-0.39, 0.29) is 11.6 Å². The Morgan fingerprint density at radius 3 is 2.57 bits per heavy atom. The predicted octanol–water partition coefficient (Wildman–Crippen LogP) is 3.93. The fourth-order valence-corrected chi connectivity index (χ4v) is 3.40. The molecule has 0 radical (unpaired) electrons. The number of pyridine rings is 1. The molecule has 1 N–H and O–H groups in total. The second kappa shape index (κ2) is 6.28. The summed E-state index contributed by atoms with van der Waals surface area (Å²) in [6.07, 6.45) is 5.24. The van der Waals surface area contributed by atoms with E-state index in [1.54, 1.807) is 24.3 Å². The maximum absolute atomic E-state index is 12.8. The highest BCUT2D eigenvalue weighted by Gasteiger charge is 2.38. The zero-order valence-corrected chi connectivity index (χ0v) is 14.7.